The summed E-state index contributed by atoms with van der Waals surface area (Å²) in [5.74, 6) is -0.184. The van der Waals surface area contributed by atoms with E-state index in [1.54, 1.807) is 43.3 Å². The predicted octanol–water partition coefficient (Wildman–Crippen LogP) is 4.17. The highest BCUT2D eigenvalue weighted by molar-refractivity contribution is 7.99. The number of nitrogens with zero attached hydrogens (tertiary/aromatic N) is 3. The largest absolute Gasteiger partial charge is 0.462 e. The highest BCUT2D eigenvalue weighted by Gasteiger charge is 2.21. The Morgan fingerprint density at radius 1 is 1.14 bits per heavy atom. The molecule has 9 nitrogen and oxygen atoms in total. The van der Waals surface area contributed by atoms with Crippen molar-refractivity contribution in [1.29, 1.82) is 0 Å². The van der Waals surface area contributed by atoms with E-state index >= 15 is 0 Å². The highest BCUT2D eigenvalue weighted by Crippen LogP contribution is 2.22. The Morgan fingerprint density at radius 2 is 1.86 bits per heavy atom. The number of ether oxygens (including phenoxy) is 1. The Hall–Kier alpha value is -3.92. The molecule has 2 amide bonds. The van der Waals surface area contributed by atoms with Crippen LogP contribution in [0.25, 0.3) is 0 Å². The lowest BCUT2D eigenvalue weighted by Gasteiger charge is -2.16. The van der Waals surface area contributed by atoms with Crippen molar-refractivity contribution in [1.82, 2.24) is 20.1 Å². The van der Waals surface area contributed by atoms with Crippen molar-refractivity contribution in [2.75, 3.05) is 17.7 Å². The molecule has 188 valence electrons. The van der Waals surface area contributed by atoms with Gasteiger partial charge in [-0.3, -0.25) is 9.59 Å². The first-order valence-electron chi connectivity index (χ1n) is 11.4. The van der Waals surface area contributed by atoms with Crippen LogP contribution in [0.2, 0.25) is 0 Å². The third-order valence-electron chi connectivity index (χ3n) is 5.19. The number of benzene rings is 2. The summed E-state index contributed by atoms with van der Waals surface area (Å²) in [6, 6.07) is 13.4. The van der Waals surface area contributed by atoms with Crippen LogP contribution in [-0.2, 0) is 16.1 Å². The fourth-order valence-electron chi connectivity index (χ4n) is 3.43. The molecule has 1 heterocycles. The Labute approximate surface area is 214 Å². The summed E-state index contributed by atoms with van der Waals surface area (Å²) >= 11 is 1.23. The second kappa shape index (κ2) is 12.7. The number of amides is 2. The summed E-state index contributed by atoms with van der Waals surface area (Å²) in [6.07, 6.45) is 1.71. The molecule has 36 heavy (non-hydrogen) atoms. The van der Waals surface area contributed by atoms with E-state index in [9.17, 15) is 14.4 Å². The molecule has 0 radical (unpaired) electrons. The fraction of sp³-hybridized carbons (Fsp3) is 0.269. The molecule has 0 spiro atoms. The van der Waals surface area contributed by atoms with Gasteiger partial charge in [0.1, 0.15) is 0 Å². The molecule has 0 saturated carbocycles. The SMILES string of the molecule is C=CCn1c(SCC(=O)Nc2ccc(C(=O)OCC)cc2)nnc1[C@H](C)NC(=O)c1ccccc1C. The van der Waals surface area contributed by atoms with Gasteiger partial charge in [-0.25, -0.2) is 4.79 Å². The Bertz CT molecular complexity index is 1240. The Morgan fingerprint density at radius 3 is 2.53 bits per heavy atom. The zero-order valence-electron chi connectivity index (χ0n) is 20.5. The summed E-state index contributed by atoms with van der Waals surface area (Å²) in [6.45, 7) is 9.97. The number of hydrogen-bond acceptors (Lipinski definition) is 7. The number of nitrogens with one attached hydrogen (secondary N) is 2. The van der Waals surface area contributed by atoms with E-state index in [0.717, 1.165) is 5.56 Å². The first-order valence-corrected chi connectivity index (χ1v) is 12.4. The van der Waals surface area contributed by atoms with Crippen LogP contribution in [0, 0.1) is 6.92 Å². The van der Waals surface area contributed by atoms with Gasteiger partial charge in [-0.2, -0.15) is 0 Å². The van der Waals surface area contributed by atoms with Crippen LogP contribution in [-0.4, -0.2) is 44.9 Å². The van der Waals surface area contributed by atoms with Crippen LogP contribution in [0.5, 0.6) is 0 Å². The second-order valence-electron chi connectivity index (χ2n) is 7.88. The molecule has 2 N–H and O–H groups in total. The number of carbonyl (C=O) groups excluding carboxylic acids is 3. The van der Waals surface area contributed by atoms with Crippen LogP contribution in [0.15, 0.2) is 66.3 Å². The molecular weight excluding hydrogens is 478 g/mol. The molecule has 0 saturated heterocycles. The van der Waals surface area contributed by atoms with Crippen molar-refractivity contribution in [3.05, 3.63) is 83.7 Å². The van der Waals surface area contributed by atoms with Gasteiger partial charge in [0, 0.05) is 17.8 Å². The van der Waals surface area contributed by atoms with Gasteiger partial charge in [0.05, 0.1) is 24.0 Å². The molecule has 0 unspecified atom stereocenters. The van der Waals surface area contributed by atoms with E-state index in [1.807, 2.05) is 36.6 Å². The molecule has 0 bridgehead atoms. The number of rotatable bonds is 11. The minimum absolute atomic E-state index is 0.0961. The molecule has 0 aliphatic rings. The molecule has 0 fully saturated rings. The van der Waals surface area contributed by atoms with E-state index in [2.05, 4.69) is 27.4 Å². The van der Waals surface area contributed by atoms with Gasteiger partial charge in [0.25, 0.3) is 5.91 Å². The van der Waals surface area contributed by atoms with Crippen molar-refractivity contribution >= 4 is 35.2 Å². The number of aryl methyl sites for hydroxylation is 1. The lowest BCUT2D eigenvalue weighted by Crippen LogP contribution is -2.29. The van der Waals surface area contributed by atoms with Gasteiger partial charge in [-0.15, -0.1) is 16.8 Å². The topological polar surface area (TPSA) is 115 Å². The molecule has 2 aromatic carbocycles. The maximum Gasteiger partial charge on any atom is 0.338 e. The van der Waals surface area contributed by atoms with Gasteiger partial charge in [-0.05, 0) is 56.7 Å². The highest BCUT2D eigenvalue weighted by atomic mass is 32.2. The number of anilines is 1. The van der Waals surface area contributed by atoms with Crippen LogP contribution >= 0.6 is 11.8 Å². The van der Waals surface area contributed by atoms with Crippen molar-refractivity contribution in [3.8, 4) is 0 Å². The maximum atomic E-state index is 12.7. The average Bonchev–Trinajstić information content (AvgIpc) is 3.26. The number of hydrogen-bond donors (Lipinski definition) is 2. The van der Waals surface area contributed by atoms with Crippen molar-refractivity contribution < 1.29 is 19.1 Å². The van der Waals surface area contributed by atoms with Crippen LogP contribution < -0.4 is 10.6 Å². The summed E-state index contributed by atoms with van der Waals surface area (Å²) in [5, 5.41) is 14.8. The lowest BCUT2D eigenvalue weighted by molar-refractivity contribution is -0.113. The van der Waals surface area contributed by atoms with Crippen LogP contribution in [0.1, 0.15) is 52.0 Å². The zero-order valence-corrected chi connectivity index (χ0v) is 21.3. The van der Waals surface area contributed by atoms with E-state index in [1.165, 1.54) is 11.8 Å². The lowest BCUT2D eigenvalue weighted by atomic mass is 10.1. The van der Waals surface area contributed by atoms with Crippen LogP contribution in [0.4, 0.5) is 5.69 Å². The van der Waals surface area contributed by atoms with Gasteiger partial charge in [0.2, 0.25) is 5.91 Å². The maximum absolute atomic E-state index is 12.7. The normalized spacial score (nSPS) is 11.4. The fourth-order valence-corrected chi connectivity index (χ4v) is 4.18. The van der Waals surface area contributed by atoms with Crippen molar-refractivity contribution in [2.24, 2.45) is 0 Å². The first kappa shape index (κ1) is 26.7. The molecule has 10 heteroatoms. The summed E-state index contributed by atoms with van der Waals surface area (Å²) in [4.78, 5) is 37.0. The average molecular weight is 508 g/mol. The zero-order chi connectivity index (χ0) is 26.1. The summed E-state index contributed by atoms with van der Waals surface area (Å²) in [5.41, 5.74) is 2.46. The quantitative estimate of drug-likeness (QED) is 0.227. The number of carbonyl (C=O) groups is 3. The number of thioether (sulfide) groups is 1. The number of esters is 1. The molecule has 3 aromatic rings. The molecule has 1 atom stereocenters. The molecule has 1 aromatic heterocycles. The molecule has 0 aliphatic carbocycles. The third-order valence-corrected chi connectivity index (χ3v) is 6.16. The van der Waals surface area contributed by atoms with E-state index in [0.29, 0.717) is 40.9 Å². The third kappa shape index (κ3) is 6.82. The van der Waals surface area contributed by atoms with E-state index < -0.39 is 12.0 Å². The van der Waals surface area contributed by atoms with Gasteiger partial charge in [-0.1, -0.05) is 36.0 Å². The summed E-state index contributed by atoms with van der Waals surface area (Å²) in [7, 11) is 0. The number of aromatic nitrogens is 3. The Balaban J connectivity index is 1.62. The van der Waals surface area contributed by atoms with Gasteiger partial charge in [0.15, 0.2) is 11.0 Å². The van der Waals surface area contributed by atoms with E-state index in [-0.39, 0.29) is 17.6 Å². The predicted molar refractivity (Wildman–Crippen MR) is 139 cm³/mol. The van der Waals surface area contributed by atoms with Crippen LogP contribution in [0.3, 0.4) is 0 Å². The van der Waals surface area contributed by atoms with Crippen molar-refractivity contribution in [3.63, 3.8) is 0 Å². The van der Waals surface area contributed by atoms with Gasteiger partial charge >= 0.3 is 5.97 Å². The standard InChI is InChI=1S/C26H29N5O4S/c1-5-15-31-23(18(4)27-24(33)21-10-8-7-9-17(21)3)29-30-26(31)36-16-22(32)28-20-13-11-19(12-14-20)25(34)35-6-2/h5,7-14,18H,1,6,15-16H2,2-4H3,(H,27,33)(H,28,32)/t18-/m0/s1. The molecule has 3 rings (SSSR count). The summed E-state index contributed by atoms with van der Waals surface area (Å²) < 4.78 is 6.78. The monoisotopic (exact) mass is 507 g/mol. The van der Waals surface area contributed by atoms with Crippen molar-refractivity contribution in [2.45, 2.75) is 38.5 Å². The minimum Gasteiger partial charge on any atom is -0.462 e. The first-order chi connectivity index (χ1) is 17.3. The number of allylic oxidation sites excluding steroid dienone is 1. The molecular formula is C26H29N5O4S. The van der Waals surface area contributed by atoms with Gasteiger partial charge < -0.3 is 19.9 Å². The smallest absolute Gasteiger partial charge is 0.338 e. The van der Waals surface area contributed by atoms with E-state index in [4.69, 9.17) is 4.74 Å². The Kier molecular flexibility index (Phi) is 9.40. The molecule has 0 aliphatic heterocycles. The minimum atomic E-state index is -0.411. The second-order valence-corrected chi connectivity index (χ2v) is 8.83.